The van der Waals surface area contributed by atoms with E-state index in [1.165, 1.54) is 31.2 Å². The maximum atomic E-state index is 6.19. The van der Waals surface area contributed by atoms with Gasteiger partial charge in [0.2, 0.25) is 0 Å². The van der Waals surface area contributed by atoms with Gasteiger partial charge in [-0.05, 0) is 50.8 Å². The molecule has 0 bridgehead atoms. The summed E-state index contributed by atoms with van der Waals surface area (Å²) in [6.45, 7) is 1.66. The number of rotatable bonds is 4. The zero-order valence-electron chi connectivity index (χ0n) is 12.3. The van der Waals surface area contributed by atoms with E-state index in [9.17, 15) is 0 Å². The molecule has 0 radical (unpaired) electrons. The first kappa shape index (κ1) is 13.9. The van der Waals surface area contributed by atoms with Gasteiger partial charge in [-0.15, -0.1) is 0 Å². The van der Waals surface area contributed by atoms with E-state index in [0.717, 1.165) is 25.4 Å². The van der Waals surface area contributed by atoms with Crippen molar-refractivity contribution >= 4 is 0 Å². The molecule has 1 N–H and O–H groups in total. The van der Waals surface area contributed by atoms with Gasteiger partial charge >= 0.3 is 0 Å². The summed E-state index contributed by atoms with van der Waals surface area (Å²) in [5.41, 5.74) is 1.32. The van der Waals surface area contributed by atoms with E-state index in [2.05, 4.69) is 30.6 Å². The van der Waals surface area contributed by atoms with Crippen LogP contribution >= 0.6 is 0 Å². The summed E-state index contributed by atoms with van der Waals surface area (Å²) in [6.07, 6.45) is 6.39. The molecule has 2 aliphatic rings. The SMILES string of the molecule is CNC1CCC(OCC2CCOc3ccccc32)CC1. The van der Waals surface area contributed by atoms with Crippen LogP contribution in [-0.4, -0.2) is 32.4 Å². The van der Waals surface area contributed by atoms with Crippen molar-refractivity contribution in [1.82, 2.24) is 5.32 Å². The molecule has 0 aromatic heterocycles. The van der Waals surface area contributed by atoms with E-state index >= 15 is 0 Å². The smallest absolute Gasteiger partial charge is 0.122 e. The lowest BCUT2D eigenvalue weighted by Gasteiger charge is -2.31. The van der Waals surface area contributed by atoms with Crippen LogP contribution in [0.2, 0.25) is 0 Å². The Balaban J connectivity index is 1.52. The normalized spacial score (nSPS) is 29.6. The number of hydrogen-bond donors (Lipinski definition) is 1. The van der Waals surface area contributed by atoms with Crippen molar-refractivity contribution in [2.75, 3.05) is 20.3 Å². The molecule has 0 spiro atoms. The summed E-state index contributed by atoms with van der Waals surface area (Å²) >= 11 is 0. The van der Waals surface area contributed by atoms with E-state index in [1.807, 2.05) is 6.07 Å². The third-order valence-corrected chi connectivity index (χ3v) is 4.70. The van der Waals surface area contributed by atoms with Crippen LogP contribution in [0.5, 0.6) is 5.75 Å². The zero-order valence-corrected chi connectivity index (χ0v) is 12.3. The van der Waals surface area contributed by atoms with Crippen LogP contribution in [0.15, 0.2) is 24.3 Å². The minimum Gasteiger partial charge on any atom is -0.493 e. The Morgan fingerprint density at radius 3 is 2.75 bits per heavy atom. The van der Waals surface area contributed by atoms with E-state index in [-0.39, 0.29) is 0 Å². The minimum absolute atomic E-state index is 0.453. The van der Waals surface area contributed by atoms with Gasteiger partial charge in [-0.1, -0.05) is 18.2 Å². The van der Waals surface area contributed by atoms with Gasteiger partial charge in [0.15, 0.2) is 0 Å². The molecule has 110 valence electrons. The van der Waals surface area contributed by atoms with Crippen molar-refractivity contribution in [3.63, 3.8) is 0 Å². The monoisotopic (exact) mass is 275 g/mol. The maximum Gasteiger partial charge on any atom is 0.122 e. The van der Waals surface area contributed by atoms with Crippen molar-refractivity contribution in [1.29, 1.82) is 0 Å². The number of para-hydroxylation sites is 1. The minimum atomic E-state index is 0.453. The first-order valence-corrected chi connectivity index (χ1v) is 7.87. The second-order valence-corrected chi connectivity index (χ2v) is 5.97. The molecule has 20 heavy (non-hydrogen) atoms. The van der Waals surface area contributed by atoms with E-state index in [1.54, 1.807) is 0 Å². The van der Waals surface area contributed by atoms with Gasteiger partial charge in [-0.25, -0.2) is 0 Å². The van der Waals surface area contributed by atoms with Gasteiger partial charge in [0.1, 0.15) is 5.75 Å². The highest BCUT2D eigenvalue weighted by molar-refractivity contribution is 5.37. The summed E-state index contributed by atoms with van der Waals surface area (Å²) < 4.78 is 11.9. The van der Waals surface area contributed by atoms with Gasteiger partial charge < -0.3 is 14.8 Å². The van der Waals surface area contributed by atoms with E-state index in [0.29, 0.717) is 18.1 Å². The quantitative estimate of drug-likeness (QED) is 0.916. The molecule has 3 heteroatoms. The predicted octanol–water partition coefficient (Wildman–Crippen LogP) is 3.10. The second-order valence-electron chi connectivity index (χ2n) is 5.97. The second kappa shape index (κ2) is 6.59. The lowest BCUT2D eigenvalue weighted by Crippen LogP contribution is -2.33. The van der Waals surface area contributed by atoms with Gasteiger partial charge in [-0.2, -0.15) is 0 Å². The Hall–Kier alpha value is -1.06. The van der Waals surface area contributed by atoms with E-state index in [4.69, 9.17) is 9.47 Å². The van der Waals surface area contributed by atoms with Crippen LogP contribution in [0.25, 0.3) is 0 Å². The molecule has 1 aromatic rings. The summed E-state index contributed by atoms with van der Waals surface area (Å²) in [4.78, 5) is 0. The molecule has 3 nitrogen and oxygen atoms in total. The van der Waals surface area contributed by atoms with Gasteiger partial charge in [0.05, 0.1) is 19.3 Å². The number of ether oxygens (including phenoxy) is 2. The molecule has 1 unspecified atom stereocenters. The first-order valence-electron chi connectivity index (χ1n) is 7.87. The summed E-state index contributed by atoms with van der Waals surface area (Å²) in [6, 6.07) is 9.08. The molecule has 1 aromatic carbocycles. The largest absolute Gasteiger partial charge is 0.493 e. The van der Waals surface area contributed by atoms with Crippen molar-refractivity contribution in [3.05, 3.63) is 29.8 Å². The molecular formula is C17H25NO2. The third-order valence-electron chi connectivity index (χ3n) is 4.70. The first-order chi connectivity index (χ1) is 9.86. The molecule has 1 fully saturated rings. The lowest BCUT2D eigenvalue weighted by atomic mass is 9.92. The van der Waals surface area contributed by atoms with Gasteiger partial charge in [-0.3, -0.25) is 0 Å². The van der Waals surface area contributed by atoms with Crippen LogP contribution in [0.1, 0.15) is 43.6 Å². The summed E-state index contributed by atoms with van der Waals surface area (Å²) in [5.74, 6) is 1.55. The average molecular weight is 275 g/mol. The number of benzene rings is 1. The van der Waals surface area contributed by atoms with Crippen LogP contribution in [0, 0.1) is 0 Å². The topological polar surface area (TPSA) is 30.5 Å². The summed E-state index contributed by atoms with van der Waals surface area (Å²) in [7, 11) is 2.06. The molecule has 0 amide bonds. The van der Waals surface area contributed by atoms with Gasteiger partial charge in [0.25, 0.3) is 0 Å². The fourth-order valence-electron chi connectivity index (χ4n) is 3.36. The Morgan fingerprint density at radius 1 is 1.15 bits per heavy atom. The van der Waals surface area contributed by atoms with Crippen LogP contribution in [0.4, 0.5) is 0 Å². The highest BCUT2D eigenvalue weighted by Gasteiger charge is 2.25. The number of hydrogen-bond acceptors (Lipinski definition) is 3. The molecule has 1 saturated carbocycles. The lowest BCUT2D eigenvalue weighted by molar-refractivity contribution is 0.0102. The Kier molecular flexibility index (Phi) is 4.58. The molecular weight excluding hydrogens is 250 g/mol. The van der Waals surface area contributed by atoms with Crippen LogP contribution < -0.4 is 10.1 Å². The molecule has 3 rings (SSSR count). The van der Waals surface area contributed by atoms with Crippen LogP contribution in [-0.2, 0) is 4.74 Å². The highest BCUT2D eigenvalue weighted by atomic mass is 16.5. The maximum absolute atomic E-state index is 6.19. The summed E-state index contributed by atoms with van der Waals surface area (Å²) in [5, 5.41) is 3.37. The van der Waals surface area contributed by atoms with Crippen molar-refractivity contribution < 1.29 is 9.47 Å². The standard InChI is InChI=1S/C17H25NO2/c1-18-14-6-8-15(9-7-14)20-12-13-10-11-19-17-5-3-2-4-16(13)17/h2-5,13-15,18H,6-12H2,1H3. The molecule has 0 saturated heterocycles. The molecule has 1 atom stereocenters. The Bertz CT molecular complexity index is 427. The molecule has 1 heterocycles. The predicted molar refractivity (Wildman–Crippen MR) is 80.4 cm³/mol. The fourth-order valence-corrected chi connectivity index (χ4v) is 3.36. The molecule has 1 aliphatic carbocycles. The molecule has 1 aliphatic heterocycles. The highest BCUT2D eigenvalue weighted by Crippen LogP contribution is 2.34. The zero-order chi connectivity index (χ0) is 13.8. The van der Waals surface area contributed by atoms with Crippen molar-refractivity contribution in [2.45, 2.75) is 50.2 Å². The van der Waals surface area contributed by atoms with Crippen molar-refractivity contribution in [3.8, 4) is 5.75 Å². The number of nitrogens with one attached hydrogen (secondary N) is 1. The third kappa shape index (κ3) is 3.15. The van der Waals surface area contributed by atoms with Crippen molar-refractivity contribution in [2.24, 2.45) is 0 Å². The van der Waals surface area contributed by atoms with Gasteiger partial charge in [0, 0.05) is 12.0 Å². The van der Waals surface area contributed by atoms with E-state index < -0.39 is 0 Å². The Labute approximate surface area is 121 Å². The fraction of sp³-hybridized carbons (Fsp3) is 0.647. The number of fused-ring (bicyclic) bond motifs is 1. The van der Waals surface area contributed by atoms with Crippen LogP contribution in [0.3, 0.4) is 0 Å². The Morgan fingerprint density at radius 2 is 1.95 bits per heavy atom. The average Bonchev–Trinajstić information content (AvgIpc) is 2.53.